The summed E-state index contributed by atoms with van der Waals surface area (Å²) in [6, 6.07) is 0. The zero-order valence-electron chi connectivity index (χ0n) is 9.54. The third-order valence-corrected chi connectivity index (χ3v) is 5.66. The van der Waals surface area contributed by atoms with Crippen LogP contribution in [0.5, 0.6) is 0 Å². The van der Waals surface area contributed by atoms with E-state index in [2.05, 4.69) is 13.8 Å². The zero-order chi connectivity index (χ0) is 11.5. The molecule has 2 aliphatic rings. The highest BCUT2D eigenvalue weighted by Gasteiger charge is 2.64. The first-order valence-electron chi connectivity index (χ1n) is 5.40. The number of hydrogen-bond acceptors (Lipinski definition) is 3. The lowest BCUT2D eigenvalue weighted by atomic mass is 9.70. The summed E-state index contributed by atoms with van der Waals surface area (Å²) < 4.78 is 22.9. The number of ketones is 1. The number of Topliss-reactive ketones (excluding diaryl/α,β-unsaturated/α-hetero) is 1. The van der Waals surface area contributed by atoms with Crippen LogP contribution in [0.1, 0.15) is 33.1 Å². The monoisotopic (exact) mass is 230 g/mol. The number of carbonyl (C=O) groups is 1. The fourth-order valence-corrected chi connectivity index (χ4v) is 5.13. The fraction of sp³-hybridized carbons (Fsp3) is 0.909. The maximum Gasteiger partial charge on any atom is 0.148 e. The second kappa shape index (κ2) is 2.84. The van der Waals surface area contributed by atoms with E-state index in [4.69, 9.17) is 0 Å². The van der Waals surface area contributed by atoms with Crippen molar-refractivity contribution in [3.63, 3.8) is 0 Å². The van der Waals surface area contributed by atoms with E-state index in [1.54, 1.807) is 0 Å². The van der Waals surface area contributed by atoms with Crippen LogP contribution >= 0.6 is 0 Å². The Morgan fingerprint density at radius 1 is 1.40 bits per heavy atom. The van der Waals surface area contributed by atoms with Crippen LogP contribution in [-0.2, 0) is 14.6 Å². The SMILES string of the molecule is CC1(C)[C@H]2CC[C@]1(CS(C)(=O)=O)C(=O)C2. The molecular formula is C11H18O3S. The summed E-state index contributed by atoms with van der Waals surface area (Å²) in [6.07, 6.45) is 3.59. The first-order chi connectivity index (χ1) is 6.69. The molecule has 0 aromatic heterocycles. The maximum atomic E-state index is 12.0. The minimum Gasteiger partial charge on any atom is -0.299 e. The highest BCUT2D eigenvalue weighted by atomic mass is 32.2. The summed E-state index contributed by atoms with van der Waals surface area (Å²) in [4.78, 5) is 12.0. The quantitative estimate of drug-likeness (QED) is 0.721. The van der Waals surface area contributed by atoms with Crippen molar-refractivity contribution in [3.05, 3.63) is 0 Å². The number of sulfone groups is 1. The molecule has 0 aromatic carbocycles. The van der Waals surface area contributed by atoms with Gasteiger partial charge in [0.2, 0.25) is 0 Å². The minimum atomic E-state index is -3.08. The summed E-state index contributed by atoms with van der Waals surface area (Å²) in [6.45, 7) is 4.11. The first kappa shape index (κ1) is 11.1. The molecule has 0 radical (unpaired) electrons. The van der Waals surface area contributed by atoms with Crippen molar-refractivity contribution in [1.29, 1.82) is 0 Å². The molecule has 0 saturated heterocycles. The van der Waals surface area contributed by atoms with Gasteiger partial charge in [-0.05, 0) is 24.2 Å². The highest BCUT2D eigenvalue weighted by molar-refractivity contribution is 7.90. The first-order valence-corrected chi connectivity index (χ1v) is 7.46. The van der Waals surface area contributed by atoms with Crippen molar-refractivity contribution in [3.8, 4) is 0 Å². The molecule has 0 spiro atoms. The van der Waals surface area contributed by atoms with E-state index in [1.807, 2.05) is 0 Å². The molecule has 86 valence electrons. The van der Waals surface area contributed by atoms with E-state index < -0.39 is 15.3 Å². The van der Waals surface area contributed by atoms with Crippen LogP contribution in [0.15, 0.2) is 0 Å². The average molecular weight is 230 g/mol. The molecule has 0 N–H and O–H groups in total. The van der Waals surface area contributed by atoms with Crippen molar-refractivity contribution in [2.24, 2.45) is 16.7 Å². The number of carbonyl (C=O) groups excluding carboxylic acids is 1. The predicted octanol–water partition coefficient (Wildman–Crippen LogP) is 1.43. The highest BCUT2D eigenvalue weighted by Crippen LogP contribution is 2.64. The van der Waals surface area contributed by atoms with Crippen LogP contribution in [0.3, 0.4) is 0 Å². The topological polar surface area (TPSA) is 51.2 Å². The Labute approximate surface area is 91.2 Å². The summed E-state index contributed by atoms with van der Waals surface area (Å²) in [5.74, 6) is 0.614. The molecule has 2 fully saturated rings. The molecular weight excluding hydrogens is 212 g/mol. The maximum absolute atomic E-state index is 12.0. The van der Waals surface area contributed by atoms with Crippen LogP contribution in [0.25, 0.3) is 0 Å². The van der Waals surface area contributed by atoms with Crippen LogP contribution in [0, 0.1) is 16.7 Å². The Morgan fingerprint density at radius 2 is 2.00 bits per heavy atom. The summed E-state index contributed by atoms with van der Waals surface area (Å²) in [5.41, 5.74) is -0.710. The molecule has 2 rings (SSSR count). The lowest BCUT2D eigenvalue weighted by Gasteiger charge is -2.35. The minimum absolute atomic E-state index is 0.0440. The predicted molar refractivity (Wildman–Crippen MR) is 58.3 cm³/mol. The van der Waals surface area contributed by atoms with Crippen molar-refractivity contribution in [1.82, 2.24) is 0 Å². The van der Waals surface area contributed by atoms with E-state index in [1.165, 1.54) is 6.26 Å². The van der Waals surface area contributed by atoms with Crippen molar-refractivity contribution < 1.29 is 13.2 Å². The normalized spacial score (nSPS) is 38.6. The Bertz CT molecular complexity index is 408. The molecule has 0 aliphatic heterocycles. The Hall–Kier alpha value is -0.380. The summed E-state index contributed by atoms with van der Waals surface area (Å²) in [5, 5.41) is 0. The number of hydrogen-bond donors (Lipinski definition) is 0. The van der Waals surface area contributed by atoms with Crippen LogP contribution in [0.4, 0.5) is 0 Å². The van der Waals surface area contributed by atoms with E-state index in [-0.39, 0.29) is 17.0 Å². The summed E-state index contributed by atoms with van der Waals surface area (Å²) >= 11 is 0. The van der Waals surface area contributed by atoms with E-state index in [9.17, 15) is 13.2 Å². The smallest absolute Gasteiger partial charge is 0.148 e. The van der Waals surface area contributed by atoms with E-state index >= 15 is 0 Å². The average Bonchev–Trinajstić information content (AvgIpc) is 2.34. The van der Waals surface area contributed by atoms with Gasteiger partial charge in [0.25, 0.3) is 0 Å². The van der Waals surface area contributed by atoms with Gasteiger partial charge in [-0.1, -0.05) is 13.8 Å². The van der Waals surface area contributed by atoms with E-state index in [0.717, 1.165) is 12.8 Å². The molecule has 3 nitrogen and oxygen atoms in total. The molecule has 2 bridgehead atoms. The van der Waals surface area contributed by atoms with Gasteiger partial charge in [0, 0.05) is 18.1 Å². The molecule has 2 saturated carbocycles. The third kappa shape index (κ3) is 1.37. The van der Waals surface area contributed by atoms with Gasteiger partial charge in [-0.25, -0.2) is 8.42 Å². The van der Waals surface area contributed by atoms with E-state index in [0.29, 0.717) is 12.3 Å². The van der Waals surface area contributed by atoms with Gasteiger partial charge < -0.3 is 0 Å². The third-order valence-electron chi connectivity index (χ3n) is 4.65. The van der Waals surface area contributed by atoms with Crippen LogP contribution in [-0.4, -0.2) is 26.2 Å². The lowest BCUT2D eigenvalue weighted by molar-refractivity contribution is -0.128. The molecule has 0 unspecified atom stereocenters. The van der Waals surface area contributed by atoms with Crippen molar-refractivity contribution >= 4 is 15.6 Å². The van der Waals surface area contributed by atoms with Gasteiger partial charge in [0.15, 0.2) is 0 Å². The molecule has 0 heterocycles. The van der Waals surface area contributed by atoms with Gasteiger partial charge in [0.1, 0.15) is 15.6 Å². The van der Waals surface area contributed by atoms with Gasteiger partial charge in [-0.2, -0.15) is 0 Å². The van der Waals surface area contributed by atoms with Gasteiger partial charge >= 0.3 is 0 Å². The molecule has 4 heteroatoms. The van der Waals surface area contributed by atoms with Gasteiger partial charge in [0.05, 0.1) is 5.75 Å². The van der Waals surface area contributed by atoms with Gasteiger partial charge in [-0.15, -0.1) is 0 Å². The number of fused-ring (bicyclic) bond motifs is 2. The van der Waals surface area contributed by atoms with Crippen LogP contribution < -0.4 is 0 Å². The van der Waals surface area contributed by atoms with Crippen LogP contribution in [0.2, 0.25) is 0 Å². The van der Waals surface area contributed by atoms with Crippen molar-refractivity contribution in [2.75, 3.05) is 12.0 Å². The molecule has 15 heavy (non-hydrogen) atoms. The lowest BCUT2D eigenvalue weighted by Crippen LogP contribution is -2.41. The second-order valence-corrected chi connectivity index (χ2v) is 7.88. The van der Waals surface area contributed by atoms with Crippen molar-refractivity contribution in [2.45, 2.75) is 33.1 Å². The second-order valence-electron chi connectivity index (χ2n) is 5.74. The molecule has 2 aliphatic carbocycles. The zero-order valence-corrected chi connectivity index (χ0v) is 10.4. The molecule has 0 amide bonds. The largest absolute Gasteiger partial charge is 0.299 e. The molecule has 0 aromatic rings. The Morgan fingerprint density at radius 3 is 2.33 bits per heavy atom. The summed E-state index contributed by atoms with van der Waals surface area (Å²) in [7, 11) is -3.08. The standard InChI is InChI=1S/C11H18O3S/c1-10(2)8-4-5-11(10,9(12)6-8)7-15(3,13)14/h8H,4-7H2,1-3H3/t8-,11-/m0/s1. The number of rotatable bonds is 2. The fourth-order valence-electron chi connectivity index (χ4n) is 3.56. The Kier molecular flexibility index (Phi) is 2.11. The Balaban J connectivity index is 2.45. The molecule has 2 atom stereocenters. The van der Waals surface area contributed by atoms with Gasteiger partial charge in [-0.3, -0.25) is 4.79 Å².